The SMILES string of the molecule is COc1ccc(Oc2ncc(CN)cn2)cc1[N+](=O)[O-]. The summed E-state index contributed by atoms with van der Waals surface area (Å²) < 4.78 is 10.2. The summed E-state index contributed by atoms with van der Waals surface area (Å²) in [6.45, 7) is 0.328. The number of nitrogens with two attached hydrogens (primary N) is 1. The van der Waals surface area contributed by atoms with Crippen molar-refractivity contribution < 1.29 is 14.4 Å². The second-order valence-corrected chi connectivity index (χ2v) is 3.77. The third-order valence-electron chi connectivity index (χ3n) is 2.47. The average Bonchev–Trinajstić information content (AvgIpc) is 2.48. The van der Waals surface area contributed by atoms with Crippen LogP contribution in [0.4, 0.5) is 5.69 Å². The molecule has 0 aliphatic carbocycles. The van der Waals surface area contributed by atoms with Crippen molar-refractivity contribution in [2.45, 2.75) is 6.54 Å². The number of methoxy groups -OCH3 is 1. The Hall–Kier alpha value is -2.74. The molecule has 0 fully saturated rings. The third kappa shape index (κ3) is 2.98. The van der Waals surface area contributed by atoms with Crippen LogP contribution in [0.2, 0.25) is 0 Å². The lowest BCUT2D eigenvalue weighted by molar-refractivity contribution is -0.385. The molecule has 2 aromatic rings. The van der Waals surface area contributed by atoms with Crippen LogP contribution in [-0.4, -0.2) is 22.0 Å². The van der Waals surface area contributed by atoms with Gasteiger partial charge in [0.1, 0.15) is 5.75 Å². The Morgan fingerprint density at radius 3 is 2.60 bits per heavy atom. The number of benzene rings is 1. The van der Waals surface area contributed by atoms with Gasteiger partial charge in [0.15, 0.2) is 5.75 Å². The molecule has 0 bridgehead atoms. The molecule has 2 N–H and O–H groups in total. The van der Waals surface area contributed by atoms with Crippen molar-refractivity contribution in [1.82, 2.24) is 9.97 Å². The van der Waals surface area contributed by atoms with Gasteiger partial charge in [-0.25, -0.2) is 9.97 Å². The number of hydrogen-bond acceptors (Lipinski definition) is 7. The molecule has 0 aliphatic heterocycles. The molecule has 0 atom stereocenters. The van der Waals surface area contributed by atoms with Gasteiger partial charge in [0.25, 0.3) is 0 Å². The minimum absolute atomic E-state index is 0.0849. The molecule has 0 aliphatic rings. The van der Waals surface area contributed by atoms with Gasteiger partial charge >= 0.3 is 11.7 Å². The van der Waals surface area contributed by atoms with Crippen molar-refractivity contribution in [3.05, 3.63) is 46.3 Å². The molecule has 0 unspecified atom stereocenters. The number of aromatic nitrogens is 2. The summed E-state index contributed by atoms with van der Waals surface area (Å²) in [7, 11) is 1.36. The number of hydrogen-bond donors (Lipinski definition) is 1. The quantitative estimate of drug-likeness (QED) is 0.652. The first kappa shape index (κ1) is 13.7. The predicted octanol–water partition coefficient (Wildman–Crippen LogP) is 1.64. The average molecular weight is 276 g/mol. The molecule has 8 heteroatoms. The predicted molar refractivity (Wildman–Crippen MR) is 69.6 cm³/mol. The second kappa shape index (κ2) is 5.93. The molecule has 8 nitrogen and oxygen atoms in total. The Morgan fingerprint density at radius 2 is 2.05 bits per heavy atom. The van der Waals surface area contributed by atoms with E-state index in [0.717, 1.165) is 5.56 Å². The molecule has 104 valence electrons. The maximum absolute atomic E-state index is 10.9. The van der Waals surface area contributed by atoms with Crippen LogP contribution in [-0.2, 0) is 6.54 Å². The van der Waals surface area contributed by atoms with Crippen molar-refractivity contribution in [1.29, 1.82) is 0 Å². The Labute approximate surface area is 114 Å². The smallest absolute Gasteiger partial charge is 0.321 e. The number of nitro groups is 1. The van der Waals surface area contributed by atoms with Crippen LogP contribution in [0.5, 0.6) is 17.5 Å². The molecule has 20 heavy (non-hydrogen) atoms. The molecule has 1 aromatic carbocycles. The summed E-state index contributed by atoms with van der Waals surface area (Å²) in [4.78, 5) is 18.2. The van der Waals surface area contributed by atoms with Gasteiger partial charge < -0.3 is 15.2 Å². The maximum Gasteiger partial charge on any atom is 0.321 e. The summed E-state index contributed by atoms with van der Waals surface area (Å²) in [6, 6.07) is 4.31. The van der Waals surface area contributed by atoms with E-state index in [-0.39, 0.29) is 23.2 Å². The highest BCUT2D eigenvalue weighted by Crippen LogP contribution is 2.32. The van der Waals surface area contributed by atoms with Gasteiger partial charge in [0.05, 0.1) is 18.1 Å². The molecule has 0 amide bonds. The van der Waals surface area contributed by atoms with Crippen LogP contribution in [0.25, 0.3) is 0 Å². The zero-order chi connectivity index (χ0) is 14.5. The van der Waals surface area contributed by atoms with Crippen molar-refractivity contribution in [2.75, 3.05) is 7.11 Å². The summed E-state index contributed by atoms with van der Waals surface area (Å²) >= 11 is 0. The van der Waals surface area contributed by atoms with Crippen molar-refractivity contribution in [3.8, 4) is 17.5 Å². The normalized spacial score (nSPS) is 10.1. The third-order valence-corrected chi connectivity index (χ3v) is 2.47. The lowest BCUT2D eigenvalue weighted by Gasteiger charge is -2.06. The van der Waals surface area contributed by atoms with Gasteiger partial charge in [-0.2, -0.15) is 0 Å². The monoisotopic (exact) mass is 276 g/mol. The molecular weight excluding hydrogens is 264 g/mol. The highest BCUT2D eigenvalue weighted by atomic mass is 16.6. The molecular formula is C12H12N4O4. The largest absolute Gasteiger partial charge is 0.490 e. The van der Waals surface area contributed by atoms with Crippen LogP contribution in [0.1, 0.15) is 5.56 Å². The van der Waals surface area contributed by atoms with Crippen LogP contribution >= 0.6 is 0 Å². The lowest BCUT2D eigenvalue weighted by atomic mass is 10.3. The zero-order valence-electron chi connectivity index (χ0n) is 10.6. The number of nitro benzene ring substituents is 1. The molecule has 0 saturated heterocycles. The summed E-state index contributed by atoms with van der Waals surface area (Å²) in [5.41, 5.74) is 6.00. The first-order valence-electron chi connectivity index (χ1n) is 5.65. The van der Waals surface area contributed by atoms with E-state index < -0.39 is 4.92 Å². The van der Waals surface area contributed by atoms with E-state index >= 15 is 0 Å². The summed E-state index contributed by atoms with van der Waals surface area (Å²) in [5, 5.41) is 10.9. The fourth-order valence-electron chi connectivity index (χ4n) is 1.48. The molecule has 1 heterocycles. The molecule has 1 aromatic heterocycles. The van der Waals surface area contributed by atoms with Crippen molar-refractivity contribution >= 4 is 5.69 Å². The summed E-state index contributed by atoms with van der Waals surface area (Å²) in [6.07, 6.45) is 3.06. The minimum atomic E-state index is -0.552. The molecule has 0 spiro atoms. The van der Waals surface area contributed by atoms with E-state index in [4.69, 9.17) is 15.2 Å². The van der Waals surface area contributed by atoms with E-state index in [2.05, 4.69) is 9.97 Å². The van der Waals surface area contributed by atoms with Crippen LogP contribution in [0.3, 0.4) is 0 Å². The van der Waals surface area contributed by atoms with E-state index in [1.165, 1.54) is 37.7 Å². The zero-order valence-corrected chi connectivity index (χ0v) is 10.6. The number of ether oxygens (including phenoxy) is 2. The van der Waals surface area contributed by atoms with Gasteiger partial charge in [-0.05, 0) is 12.1 Å². The number of nitrogens with zero attached hydrogens (tertiary/aromatic N) is 3. The van der Waals surface area contributed by atoms with Crippen LogP contribution in [0.15, 0.2) is 30.6 Å². The lowest BCUT2D eigenvalue weighted by Crippen LogP contribution is -2.00. The van der Waals surface area contributed by atoms with Gasteiger partial charge in [-0.1, -0.05) is 0 Å². The first-order valence-corrected chi connectivity index (χ1v) is 5.65. The van der Waals surface area contributed by atoms with E-state index in [1.54, 1.807) is 0 Å². The minimum Gasteiger partial charge on any atom is -0.490 e. The maximum atomic E-state index is 10.9. The van der Waals surface area contributed by atoms with Gasteiger partial charge in [0, 0.05) is 24.5 Å². The fourth-order valence-corrected chi connectivity index (χ4v) is 1.48. The van der Waals surface area contributed by atoms with Crippen molar-refractivity contribution in [3.63, 3.8) is 0 Å². The molecule has 2 rings (SSSR count). The fraction of sp³-hybridized carbons (Fsp3) is 0.167. The van der Waals surface area contributed by atoms with Crippen LogP contribution < -0.4 is 15.2 Å². The van der Waals surface area contributed by atoms with E-state index in [9.17, 15) is 10.1 Å². The highest BCUT2D eigenvalue weighted by Gasteiger charge is 2.16. The van der Waals surface area contributed by atoms with Gasteiger partial charge in [-0.15, -0.1) is 0 Å². The first-order chi connectivity index (χ1) is 9.63. The standard InChI is InChI=1S/C12H12N4O4/c1-19-11-3-2-9(4-10(11)16(17)18)20-12-14-6-8(5-13)7-15-12/h2-4,6-7H,5,13H2,1H3. The topological polar surface area (TPSA) is 113 Å². The Balaban J connectivity index is 2.24. The highest BCUT2D eigenvalue weighted by molar-refractivity contribution is 5.51. The number of rotatable bonds is 5. The van der Waals surface area contributed by atoms with Gasteiger partial charge in [0.2, 0.25) is 0 Å². The molecule has 0 radical (unpaired) electrons. The van der Waals surface area contributed by atoms with Gasteiger partial charge in [-0.3, -0.25) is 10.1 Å². The Morgan fingerprint density at radius 1 is 1.35 bits per heavy atom. The van der Waals surface area contributed by atoms with Crippen LogP contribution in [0, 0.1) is 10.1 Å². The Kier molecular flexibility index (Phi) is 4.06. The second-order valence-electron chi connectivity index (χ2n) is 3.77. The Bertz CT molecular complexity index is 615. The molecule has 0 saturated carbocycles. The van der Waals surface area contributed by atoms with E-state index in [1.807, 2.05) is 0 Å². The summed E-state index contributed by atoms with van der Waals surface area (Å²) in [5.74, 6) is 0.403. The van der Waals surface area contributed by atoms with Crippen molar-refractivity contribution in [2.24, 2.45) is 5.73 Å². The van der Waals surface area contributed by atoms with E-state index in [0.29, 0.717) is 6.54 Å².